The number of carbonyl (C=O) groups is 1. The van der Waals surface area contributed by atoms with Crippen molar-refractivity contribution in [2.24, 2.45) is 0 Å². The van der Waals surface area contributed by atoms with E-state index in [0.29, 0.717) is 11.1 Å². The van der Waals surface area contributed by atoms with Crippen LogP contribution in [-0.2, 0) is 0 Å². The Morgan fingerprint density at radius 2 is 1.84 bits per heavy atom. The number of hydrogen-bond acceptors (Lipinski definition) is 2. The van der Waals surface area contributed by atoms with E-state index in [-0.39, 0.29) is 11.7 Å². The lowest BCUT2D eigenvalue weighted by molar-refractivity contribution is 0.102. The molecular formula is C15H14FNOS. The Bertz CT molecular complexity index is 596. The zero-order valence-corrected chi connectivity index (χ0v) is 11.6. The van der Waals surface area contributed by atoms with Gasteiger partial charge in [0.2, 0.25) is 0 Å². The van der Waals surface area contributed by atoms with Crippen molar-refractivity contribution in [3.63, 3.8) is 0 Å². The maximum Gasteiger partial charge on any atom is 0.255 e. The van der Waals surface area contributed by atoms with Gasteiger partial charge < -0.3 is 5.32 Å². The van der Waals surface area contributed by atoms with Crippen LogP contribution in [0, 0.1) is 12.7 Å². The van der Waals surface area contributed by atoms with E-state index in [9.17, 15) is 9.18 Å². The molecule has 0 radical (unpaired) electrons. The number of thioether (sulfide) groups is 1. The summed E-state index contributed by atoms with van der Waals surface area (Å²) in [6, 6.07) is 11.7. The third kappa shape index (κ3) is 3.35. The molecule has 0 aliphatic carbocycles. The van der Waals surface area contributed by atoms with E-state index in [0.717, 1.165) is 10.6 Å². The van der Waals surface area contributed by atoms with Crippen molar-refractivity contribution in [3.8, 4) is 0 Å². The maximum atomic E-state index is 13.0. The van der Waals surface area contributed by atoms with E-state index in [1.165, 1.54) is 18.2 Å². The molecule has 2 aromatic carbocycles. The number of benzene rings is 2. The molecule has 0 saturated heterocycles. The molecule has 2 rings (SSSR count). The number of anilines is 1. The lowest BCUT2D eigenvalue weighted by Gasteiger charge is -2.08. The first-order valence-electron chi connectivity index (χ1n) is 5.81. The first kappa shape index (κ1) is 13.6. The minimum atomic E-state index is -0.335. The topological polar surface area (TPSA) is 29.1 Å². The van der Waals surface area contributed by atoms with Crippen LogP contribution in [0.4, 0.5) is 10.1 Å². The molecule has 0 atom stereocenters. The molecule has 0 unspecified atom stereocenters. The van der Waals surface area contributed by atoms with Crippen LogP contribution in [-0.4, -0.2) is 12.2 Å². The highest BCUT2D eigenvalue weighted by molar-refractivity contribution is 7.98. The van der Waals surface area contributed by atoms with Gasteiger partial charge in [-0.3, -0.25) is 4.79 Å². The fourth-order valence-corrected chi connectivity index (χ4v) is 2.16. The number of carbonyl (C=O) groups excluding carboxylic acids is 1. The van der Waals surface area contributed by atoms with E-state index in [2.05, 4.69) is 5.32 Å². The molecule has 1 amide bonds. The minimum absolute atomic E-state index is 0.227. The minimum Gasteiger partial charge on any atom is -0.322 e. The average molecular weight is 275 g/mol. The summed E-state index contributed by atoms with van der Waals surface area (Å²) in [4.78, 5) is 13.2. The smallest absolute Gasteiger partial charge is 0.255 e. The highest BCUT2D eigenvalue weighted by atomic mass is 32.2. The summed E-state index contributed by atoms with van der Waals surface area (Å²) in [5, 5.41) is 2.80. The van der Waals surface area contributed by atoms with Crippen molar-refractivity contribution in [2.75, 3.05) is 11.6 Å². The average Bonchev–Trinajstić information content (AvgIpc) is 2.39. The summed E-state index contributed by atoms with van der Waals surface area (Å²) in [5.74, 6) is -0.562. The molecule has 0 aliphatic rings. The van der Waals surface area contributed by atoms with Gasteiger partial charge in [-0.15, -0.1) is 11.8 Å². The molecule has 0 spiro atoms. The van der Waals surface area contributed by atoms with Crippen molar-refractivity contribution < 1.29 is 9.18 Å². The Morgan fingerprint density at radius 1 is 1.16 bits per heavy atom. The van der Waals surface area contributed by atoms with Crippen LogP contribution in [0.2, 0.25) is 0 Å². The first-order chi connectivity index (χ1) is 9.10. The van der Waals surface area contributed by atoms with Crippen molar-refractivity contribution in [2.45, 2.75) is 11.8 Å². The predicted octanol–water partition coefficient (Wildman–Crippen LogP) is 4.11. The number of amides is 1. The predicted molar refractivity (Wildman–Crippen MR) is 77.3 cm³/mol. The molecule has 0 saturated carbocycles. The maximum absolute atomic E-state index is 13.0. The third-order valence-electron chi connectivity index (χ3n) is 2.78. The van der Waals surface area contributed by atoms with Crippen LogP contribution >= 0.6 is 11.8 Å². The SMILES string of the molecule is CSc1ccc(NC(=O)c2ccc(F)cc2C)cc1. The number of hydrogen-bond donors (Lipinski definition) is 1. The number of rotatable bonds is 3. The van der Waals surface area contributed by atoms with E-state index >= 15 is 0 Å². The summed E-state index contributed by atoms with van der Waals surface area (Å²) in [6.45, 7) is 1.72. The van der Waals surface area contributed by atoms with Crippen LogP contribution in [0.3, 0.4) is 0 Å². The normalized spacial score (nSPS) is 10.3. The molecule has 0 bridgehead atoms. The van der Waals surface area contributed by atoms with Crippen molar-refractivity contribution in [1.82, 2.24) is 0 Å². The van der Waals surface area contributed by atoms with Gasteiger partial charge in [0.1, 0.15) is 5.82 Å². The monoisotopic (exact) mass is 275 g/mol. The van der Waals surface area contributed by atoms with Crippen LogP contribution in [0.1, 0.15) is 15.9 Å². The Morgan fingerprint density at radius 3 is 2.42 bits per heavy atom. The molecular weight excluding hydrogens is 261 g/mol. The van der Waals surface area contributed by atoms with Crippen molar-refractivity contribution in [3.05, 3.63) is 59.4 Å². The summed E-state index contributed by atoms with van der Waals surface area (Å²) >= 11 is 1.64. The molecule has 2 nitrogen and oxygen atoms in total. The van der Waals surface area contributed by atoms with Crippen LogP contribution in [0.5, 0.6) is 0 Å². The number of nitrogens with one attached hydrogen (secondary N) is 1. The molecule has 0 aliphatic heterocycles. The first-order valence-corrected chi connectivity index (χ1v) is 7.04. The number of aryl methyl sites for hydroxylation is 1. The van der Waals surface area contributed by atoms with E-state index in [1.807, 2.05) is 30.5 Å². The Kier molecular flexibility index (Phi) is 4.22. The van der Waals surface area contributed by atoms with Gasteiger partial charge in [-0.25, -0.2) is 4.39 Å². The summed E-state index contributed by atoms with van der Waals surface area (Å²) < 4.78 is 13.0. The second-order valence-electron chi connectivity index (χ2n) is 4.14. The molecule has 2 aromatic rings. The summed E-state index contributed by atoms with van der Waals surface area (Å²) in [6.07, 6.45) is 2.00. The van der Waals surface area contributed by atoms with Crippen molar-refractivity contribution in [1.29, 1.82) is 0 Å². The van der Waals surface area contributed by atoms with E-state index in [4.69, 9.17) is 0 Å². The fourth-order valence-electron chi connectivity index (χ4n) is 1.75. The molecule has 19 heavy (non-hydrogen) atoms. The van der Waals surface area contributed by atoms with Gasteiger partial charge in [0.25, 0.3) is 5.91 Å². The highest BCUT2D eigenvalue weighted by Crippen LogP contribution is 2.18. The van der Waals surface area contributed by atoms with Crippen LogP contribution in [0.25, 0.3) is 0 Å². The van der Waals surface area contributed by atoms with Gasteiger partial charge in [-0.1, -0.05) is 0 Å². The van der Waals surface area contributed by atoms with E-state index < -0.39 is 0 Å². The standard InChI is InChI=1S/C15H14FNOS/c1-10-9-11(16)3-8-14(10)15(18)17-12-4-6-13(19-2)7-5-12/h3-9H,1-2H3,(H,17,18). The quantitative estimate of drug-likeness (QED) is 0.854. The highest BCUT2D eigenvalue weighted by Gasteiger charge is 2.09. The van der Waals surface area contributed by atoms with E-state index in [1.54, 1.807) is 18.7 Å². The Balaban J connectivity index is 2.15. The Labute approximate surface area is 116 Å². The molecule has 1 N–H and O–H groups in total. The van der Waals surface area contributed by atoms with Crippen LogP contribution < -0.4 is 5.32 Å². The third-order valence-corrected chi connectivity index (χ3v) is 3.52. The lowest BCUT2D eigenvalue weighted by Crippen LogP contribution is -2.13. The molecule has 98 valence electrons. The largest absolute Gasteiger partial charge is 0.322 e. The van der Waals surface area contributed by atoms with Crippen molar-refractivity contribution >= 4 is 23.4 Å². The lowest BCUT2D eigenvalue weighted by atomic mass is 10.1. The second-order valence-corrected chi connectivity index (χ2v) is 5.02. The van der Waals surface area contributed by atoms with Gasteiger partial charge in [0.15, 0.2) is 0 Å². The zero-order valence-electron chi connectivity index (χ0n) is 10.7. The Hall–Kier alpha value is -1.81. The fraction of sp³-hybridized carbons (Fsp3) is 0.133. The van der Waals surface area contributed by atoms with Gasteiger partial charge in [-0.2, -0.15) is 0 Å². The summed E-state index contributed by atoms with van der Waals surface area (Å²) in [5.41, 5.74) is 1.83. The second kappa shape index (κ2) is 5.89. The number of halogens is 1. The van der Waals surface area contributed by atoms with Gasteiger partial charge in [-0.05, 0) is 61.2 Å². The zero-order chi connectivity index (χ0) is 13.8. The molecule has 0 aromatic heterocycles. The molecule has 0 heterocycles. The van der Waals surface area contributed by atoms with Crippen LogP contribution in [0.15, 0.2) is 47.4 Å². The molecule has 4 heteroatoms. The summed E-state index contributed by atoms with van der Waals surface area (Å²) in [7, 11) is 0. The van der Waals surface area contributed by atoms with Gasteiger partial charge in [0, 0.05) is 16.1 Å². The van der Waals surface area contributed by atoms with Gasteiger partial charge in [0.05, 0.1) is 0 Å². The van der Waals surface area contributed by atoms with Gasteiger partial charge >= 0.3 is 0 Å². The molecule has 0 fully saturated rings.